The minimum absolute atomic E-state index is 0.257. The third-order valence-corrected chi connectivity index (χ3v) is 4.94. The van der Waals surface area contributed by atoms with Crippen molar-refractivity contribution in [2.75, 3.05) is 39.3 Å². The molecule has 2 N–H and O–H groups in total. The summed E-state index contributed by atoms with van der Waals surface area (Å²) < 4.78 is 0. The lowest BCUT2D eigenvalue weighted by Gasteiger charge is -2.27. The van der Waals surface area contributed by atoms with Crippen LogP contribution >= 0.6 is 0 Å². The van der Waals surface area contributed by atoms with Crippen molar-refractivity contribution >= 4 is 0 Å². The molecule has 1 aromatic carbocycles. The number of aryl methyl sites for hydroxylation is 1. The fraction of sp³-hybridized carbons (Fsp3) is 0.579. The highest BCUT2D eigenvalue weighted by molar-refractivity contribution is 5.15. The summed E-state index contributed by atoms with van der Waals surface area (Å²) in [5, 5.41) is 16.5. The van der Waals surface area contributed by atoms with E-state index in [1.54, 1.807) is 0 Å². The van der Waals surface area contributed by atoms with Gasteiger partial charge in [-0.3, -0.25) is 10.00 Å². The molecule has 3 rings (SSSR count). The first-order chi connectivity index (χ1) is 12.3. The van der Waals surface area contributed by atoms with Crippen LogP contribution in [-0.2, 0) is 6.42 Å². The van der Waals surface area contributed by atoms with E-state index in [2.05, 4.69) is 55.3 Å². The van der Waals surface area contributed by atoms with Crippen molar-refractivity contribution < 1.29 is 5.11 Å². The number of nitrogens with zero attached hydrogens (tertiary/aromatic N) is 4. The van der Waals surface area contributed by atoms with E-state index >= 15 is 0 Å². The van der Waals surface area contributed by atoms with Crippen LogP contribution in [0.5, 0.6) is 0 Å². The van der Waals surface area contributed by atoms with Crippen molar-refractivity contribution in [1.82, 2.24) is 25.0 Å². The number of H-pyrrole nitrogens is 1. The SMILES string of the molecule is Cc1nc(C2CCN(CCCO)CCN2CCc2ccccc2)n[nH]1. The van der Waals surface area contributed by atoms with E-state index in [0.717, 1.165) is 63.6 Å². The van der Waals surface area contributed by atoms with E-state index in [0.29, 0.717) is 0 Å². The Morgan fingerprint density at radius 1 is 1.16 bits per heavy atom. The predicted molar refractivity (Wildman–Crippen MR) is 98.3 cm³/mol. The summed E-state index contributed by atoms with van der Waals surface area (Å²) in [6.45, 7) is 7.26. The molecule has 25 heavy (non-hydrogen) atoms. The maximum Gasteiger partial charge on any atom is 0.167 e. The average molecular weight is 343 g/mol. The Morgan fingerprint density at radius 2 is 2.00 bits per heavy atom. The summed E-state index contributed by atoms with van der Waals surface area (Å²) in [5.74, 6) is 1.79. The zero-order valence-corrected chi connectivity index (χ0v) is 15.1. The maximum absolute atomic E-state index is 9.10. The highest BCUT2D eigenvalue weighted by atomic mass is 16.3. The predicted octanol–water partition coefficient (Wildman–Crippen LogP) is 1.79. The zero-order valence-electron chi connectivity index (χ0n) is 15.1. The van der Waals surface area contributed by atoms with Gasteiger partial charge in [-0.1, -0.05) is 30.3 Å². The van der Waals surface area contributed by atoms with Crippen molar-refractivity contribution in [3.63, 3.8) is 0 Å². The summed E-state index contributed by atoms with van der Waals surface area (Å²) in [6, 6.07) is 10.9. The van der Waals surface area contributed by atoms with E-state index < -0.39 is 0 Å². The summed E-state index contributed by atoms with van der Waals surface area (Å²) in [6.07, 6.45) is 2.91. The van der Waals surface area contributed by atoms with Gasteiger partial charge >= 0.3 is 0 Å². The van der Waals surface area contributed by atoms with Gasteiger partial charge in [0.25, 0.3) is 0 Å². The van der Waals surface area contributed by atoms with E-state index in [1.165, 1.54) is 5.56 Å². The smallest absolute Gasteiger partial charge is 0.167 e. The minimum Gasteiger partial charge on any atom is -0.396 e. The van der Waals surface area contributed by atoms with Crippen LogP contribution in [0, 0.1) is 6.92 Å². The van der Waals surface area contributed by atoms with Gasteiger partial charge in [-0.25, -0.2) is 4.98 Å². The Kier molecular flexibility index (Phi) is 6.55. The Labute approximate surface area is 149 Å². The molecule has 0 spiro atoms. The highest BCUT2D eigenvalue weighted by Crippen LogP contribution is 2.25. The fourth-order valence-electron chi connectivity index (χ4n) is 3.53. The first-order valence-corrected chi connectivity index (χ1v) is 9.26. The van der Waals surface area contributed by atoms with Crippen LogP contribution < -0.4 is 0 Å². The molecule has 6 heteroatoms. The van der Waals surface area contributed by atoms with Gasteiger partial charge in [0.15, 0.2) is 5.82 Å². The molecule has 2 heterocycles. The van der Waals surface area contributed by atoms with Gasteiger partial charge in [-0.2, -0.15) is 5.10 Å². The van der Waals surface area contributed by atoms with Crippen LogP contribution in [0.15, 0.2) is 30.3 Å². The summed E-state index contributed by atoms with van der Waals surface area (Å²) in [7, 11) is 0. The van der Waals surface area contributed by atoms with Crippen LogP contribution in [0.2, 0.25) is 0 Å². The summed E-state index contributed by atoms with van der Waals surface area (Å²) >= 11 is 0. The second kappa shape index (κ2) is 9.08. The largest absolute Gasteiger partial charge is 0.396 e. The second-order valence-electron chi connectivity index (χ2n) is 6.77. The third-order valence-electron chi connectivity index (χ3n) is 4.94. The molecule has 2 aromatic rings. The van der Waals surface area contributed by atoms with Crippen LogP contribution in [0.4, 0.5) is 0 Å². The number of aromatic nitrogens is 3. The Hall–Kier alpha value is -1.76. The van der Waals surface area contributed by atoms with Crippen molar-refractivity contribution in [2.45, 2.75) is 32.2 Å². The van der Waals surface area contributed by atoms with E-state index in [-0.39, 0.29) is 12.6 Å². The number of hydrogen-bond donors (Lipinski definition) is 2. The molecule has 0 radical (unpaired) electrons. The standard InChI is InChI=1S/C19H29N5O/c1-16-20-19(22-21-16)18-9-11-23(10-5-15-25)13-14-24(18)12-8-17-6-3-2-4-7-17/h2-4,6-7,18,25H,5,8-15H2,1H3,(H,20,21,22). The van der Waals surface area contributed by atoms with Crippen LogP contribution in [0.1, 0.15) is 36.1 Å². The molecule has 0 bridgehead atoms. The summed E-state index contributed by atoms with van der Waals surface area (Å²) in [5.41, 5.74) is 1.37. The van der Waals surface area contributed by atoms with E-state index in [4.69, 9.17) is 5.11 Å². The van der Waals surface area contributed by atoms with Crippen molar-refractivity contribution in [3.05, 3.63) is 47.5 Å². The molecular weight excluding hydrogens is 314 g/mol. The first-order valence-electron chi connectivity index (χ1n) is 9.26. The lowest BCUT2D eigenvalue weighted by molar-refractivity contribution is 0.196. The van der Waals surface area contributed by atoms with Gasteiger partial charge in [0.2, 0.25) is 0 Å². The van der Waals surface area contributed by atoms with Gasteiger partial charge in [0.05, 0.1) is 6.04 Å². The molecule has 1 unspecified atom stereocenters. The molecule has 0 aliphatic carbocycles. The number of aromatic amines is 1. The van der Waals surface area contributed by atoms with Crippen LogP contribution in [-0.4, -0.2) is 69.4 Å². The monoisotopic (exact) mass is 343 g/mol. The third kappa shape index (κ3) is 5.11. The van der Waals surface area contributed by atoms with E-state index in [1.807, 2.05) is 6.92 Å². The number of aliphatic hydroxyl groups excluding tert-OH is 1. The molecule has 1 aliphatic heterocycles. The Morgan fingerprint density at radius 3 is 2.72 bits per heavy atom. The number of rotatable bonds is 7. The Balaban J connectivity index is 1.68. The molecule has 136 valence electrons. The first kappa shape index (κ1) is 18.0. The molecule has 1 aliphatic rings. The molecule has 0 amide bonds. The fourth-order valence-corrected chi connectivity index (χ4v) is 3.53. The quantitative estimate of drug-likeness (QED) is 0.802. The van der Waals surface area contributed by atoms with E-state index in [9.17, 15) is 0 Å². The number of nitrogens with one attached hydrogen (secondary N) is 1. The minimum atomic E-state index is 0.257. The summed E-state index contributed by atoms with van der Waals surface area (Å²) in [4.78, 5) is 9.57. The molecule has 6 nitrogen and oxygen atoms in total. The Bertz CT molecular complexity index is 630. The van der Waals surface area contributed by atoms with Gasteiger partial charge in [-0.15, -0.1) is 0 Å². The molecule has 1 aromatic heterocycles. The van der Waals surface area contributed by atoms with Gasteiger partial charge in [0.1, 0.15) is 5.82 Å². The highest BCUT2D eigenvalue weighted by Gasteiger charge is 2.27. The van der Waals surface area contributed by atoms with Crippen molar-refractivity contribution in [3.8, 4) is 0 Å². The molecule has 1 fully saturated rings. The van der Waals surface area contributed by atoms with Crippen LogP contribution in [0.25, 0.3) is 0 Å². The molecule has 1 atom stereocenters. The second-order valence-corrected chi connectivity index (χ2v) is 6.77. The molecular formula is C19H29N5O. The number of aliphatic hydroxyl groups is 1. The van der Waals surface area contributed by atoms with Crippen LogP contribution in [0.3, 0.4) is 0 Å². The molecule has 1 saturated heterocycles. The van der Waals surface area contributed by atoms with Crippen molar-refractivity contribution in [2.24, 2.45) is 0 Å². The van der Waals surface area contributed by atoms with Gasteiger partial charge < -0.3 is 10.0 Å². The maximum atomic E-state index is 9.10. The zero-order chi connectivity index (χ0) is 17.5. The average Bonchev–Trinajstić information content (AvgIpc) is 2.96. The number of benzene rings is 1. The van der Waals surface area contributed by atoms with Crippen molar-refractivity contribution in [1.29, 1.82) is 0 Å². The van der Waals surface area contributed by atoms with Gasteiger partial charge in [-0.05, 0) is 31.7 Å². The lowest BCUT2D eigenvalue weighted by Crippen LogP contribution is -2.34. The van der Waals surface area contributed by atoms with Gasteiger partial charge in [0, 0.05) is 39.3 Å². The topological polar surface area (TPSA) is 68.3 Å². The lowest BCUT2D eigenvalue weighted by atomic mass is 10.1. The molecule has 0 saturated carbocycles. The normalized spacial score (nSPS) is 19.8. The number of hydrogen-bond acceptors (Lipinski definition) is 5.